The molecule has 29 nitrogen and oxygen atoms in total. The van der Waals surface area contributed by atoms with Gasteiger partial charge in [-0.1, -0.05) is 0 Å². The van der Waals surface area contributed by atoms with Gasteiger partial charge in [-0.15, -0.1) is 0 Å². The molecule has 0 aliphatic carbocycles. The van der Waals surface area contributed by atoms with Gasteiger partial charge in [0.25, 0.3) is 0 Å². The van der Waals surface area contributed by atoms with Crippen LogP contribution in [0.5, 0.6) is 0 Å². The molecule has 2 saturated heterocycles. The van der Waals surface area contributed by atoms with E-state index in [0.29, 0.717) is 0 Å². The zero-order valence-electron chi connectivity index (χ0n) is 26.3. The molecule has 1 radical (unpaired) electrons. The van der Waals surface area contributed by atoms with E-state index < -0.39 is 93.6 Å². The number of hydrogen-bond acceptors (Lipinski definition) is 23. The summed E-state index contributed by atoms with van der Waals surface area (Å²) in [5, 5.41) is 41.8. The van der Waals surface area contributed by atoms with Gasteiger partial charge in [0, 0.05) is 20.1 Å². The first-order valence-corrected chi connectivity index (χ1v) is 20.3. The minimum absolute atomic E-state index is 0. The van der Waals surface area contributed by atoms with Crippen molar-refractivity contribution >= 4 is 65.3 Å². The van der Waals surface area contributed by atoms with Crippen LogP contribution in [0.1, 0.15) is 12.5 Å². The smallest absolute Gasteiger partial charge is 0.387 e. The summed E-state index contributed by atoms with van der Waals surface area (Å²) in [7, 11) is -23.9. The van der Waals surface area contributed by atoms with Gasteiger partial charge in [-0.2, -0.15) is 12.9 Å². The summed E-state index contributed by atoms with van der Waals surface area (Å²) in [5.41, 5.74) is 11.9. The van der Waals surface area contributed by atoms with E-state index in [1.54, 1.807) is 0 Å². The van der Waals surface area contributed by atoms with E-state index in [1.807, 2.05) is 0 Å². The minimum atomic E-state index is -6.19. The molecule has 2 aliphatic rings. The van der Waals surface area contributed by atoms with Gasteiger partial charge in [0.2, 0.25) is 0 Å². The number of nitrogens with two attached hydrogens (primary N) is 2. The Labute approximate surface area is 312 Å². The summed E-state index contributed by atoms with van der Waals surface area (Å²) in [5.74, 6) is -0.0284. The van der Waals surface area contributed by atoms with Gasteiger partial charge in [-0.05, 0) is 0 Å². The number of fused-ring (bicyclic) bond motifs is 2. The fourth-order valence-electron chi connectivity index (χ4n) is 5.11. The Kier molecular flexibility index (Phi) is 12.6. The number of rotatable bonds is 14. The maximum atomic E-state index is 12.4. The van der Waals surface area contributed by atoms with Crippen LogP contribution >= 0.6 is 31.3 Å². The molecule has 34 heteroatoms. The maximum Gasteiger partial charge on any atom is 0.490 e. The molecule has 12 N–H and O–H groups in total. The van der Waals surface area contributed by atoms with Crippen molar-refractivity contribution in [3.05, 3.63) is 25.3 Å². The zero-order valence-corrected chi connectivity index (χ0v) is 31.7. The Hall–Kier alpha value is -2.33. The van der Waals surface area contributed by atoms with E-state index in [0.717, 1.165) is 34.4 Å². The second-order valence-corrected chi connectivity index (χ2v) is 17.2. The van der Waals surface area contributed by atoms with Gasteiger partial charge in [0.15, 0.2) is 35.4 Å². The molecule has 54 heavy (non-hydrogen) atoms. The topological polar surface area (TPSA) is 434 Å². The van der Waals surface area contributed by atoms with Crippen LogP contribution in [-0.4, -0.2) is 129 Å². The van der Waals surface area contributed by atoms with Gasteiger partial charge >= 0.3 is 31.3 Å². The third-order valence-corrected chi connectivity index (χ3v) is 13.3. The van der Waals surface area contributed by atoms with Crippen LogP contribution in [0.4, 0.5) is 11.6 Å². The molecule has 4 aromatic heterocycles. The summed E-state index contributed by atoms with van der Waals surface area (Å²) < 4.78 is 83.4. The van der Waals surface area contributed by atoms with Crippen molar-refractivity contribution in [3.63, 3.8) is 0 Å². The number of phosphoric acid groups is 4. The van der Waals surface area contributed by atoms with Crippen molar-refractivity contribution in [2.45, 2.75) is 49.1 Å². The largest absolute Gasteiger partial charge is 0.490 e. The number of nitrogens with zero attached hydrogens (tertiary/aromatic N) is 8. The van der Waals surface area contributed by atoms with Gasteiger partial charge < -0.3 is 60.9 Å². The average molecular weight is 935 g/mol. The van der Waals surface area contributed by atoms with E-state index >= 15 is 0 Å². The molecule has 6 heterocycles. The Balaban J connectivity index is 0.00000561. The Morgan fingerprint density at radius 1 is 0.593 bits per heavy atom. The number of aromatic nitrogens is 8. The monoisotopic (exact) mass is 935 g/mol. The number of nitrogen functional groups attached to an aromatic ring is 2. The van der Waals surface area contributed by atoms with Gasteiger partial charge in [0.05, 0.1) is 25.9 Å². The number of anilines is 2. The van der Waals surface area contributed by atoms with Crippen molar-refractivity contribution in [2.24, 2.45) is 0 Å². The van der Waals surface area contributed by atoms with Crippen molar-refractivity contribution in [1.29, 1.82) is 0 Å². The Morgan fingerprint density at radius 3 is 1.31 bits per heavy atom. The SMILES string of the molecule is Nc1ncnc2c1ncn2[C@@H]1O[C@H](COP(=O)(O)OP(=O)(O)OP(=O)(O)OP(=O)(O)OC[C@H]2O[C@@H](n3cnc4c(N)ncnc43)[C@H](O)[C@@H]2O)[C@@H](O)[C@H]1O.[99Tc]. The third kappa shape index (κ3) is 9.11. The molecule has 2 aliphatic heterocycles. The van der Waals surface area contributed by atoms with Crippen molar-refractivity contribution in [3.8, 4) is 0 Å². The quantitative estimate of drug-likeness (QED) is 0.0587. The molecular formula is C20H28N10O19P4Tc. The number of phosphoric ester groups is 2. The molecule has 4 aromatic rings. The van der Waals surface area contributed by atoms with Gasteiger partial charge in [-0.25, -0.2) is 48.2 Å². The molecule has 0 aromatic carbocycles. The summed E-state index contributed by atoms with van der Waals surface area (Å²) in [4.78, 5) is 63.0. The second kappa shape index (κ2) is 15.9. The molecule has 0 saturated carbocycles. The first-order chi connectivity index (χ1) is 24.7. The molecule has 0 bridgehead atoms. The minimum Gasteiger partial charge on any atom is -0.387 e. The first kappa shape index (κ1) is 42.8. The van der Waals surface area contributed by atoms with Crippen LogP contribution in [-0.2, 0) is 69.8 Å². The zero-order chi connectivity index (χ0) is 38.7. The molecule has 0 amide bonds. The molecule has 6 rings (SSSR count). The van der Waals surface area contributed by atoms with Gasteiger partial charge in [-0.3, -0.25) is 18.2 Å². The molecule has 2 fully saturated rings. The predicted molar refractivity (Wildman–Crippen MR) is 166 cm³/mol. The van der Waals surface area contributed by atoms with Crippen LogP contribution in [0.15, 0.2) is 25.3 Å². The Morgan fingerprint density at radius 2 is 0.944 bits per heavy atom. The molecule has 299 valence electrons. The van der Waals surface area contributed by atoms with E-state index in [4.69, 9.17) is 20.9 Å². The number of aliphatic hydroxyl groups excluding tert-OH is 4. The predicted octanol–water partition coefficient (Wildman–Crippen LogP) is -2.45. The standard InChI is InChI=1S/C20H28N10O19P4.Tc/c21-15-9-17(25-3-23-15)29(5-27-9)19-13(33)11(31)7(45-19)1-43-50(35,36)47-52(39,40)49-53(41,42)48-51(37,38)44-2-8-12(32)14(34)20(46-8)30-6-28-10-16(22)24-4-26-18(10)30;/h3-8,11-14,19-20,31-34H,1-2H2,(H,35,36)(H,37,38)(H,39,40)(H,41,42)(H2,21,23,25)(H2,22,24,26);/t7-,8-,11-,12-,13-,14-,19-,20-;/m1./s1/i;1+1. The van der Waals surface area contributed by atoms with E-state index in [-0.39, 0.29) is 54.1 Å². The third-order valence-electron chi connectivity index (χ3n) is 7.42. The molecular weight excluding hydrogens is 907 g/mol. The molecule has 12 atom stereocenters. The second-order valence-electron chi connectivity index (χ2n) is 11.0. The normalized spacial score (nSPS) is 30.4. The average Bonchev–Trinajstić information content (AvgIpc) is 3.80. The molecule has 0 spiro atoms. The summed E-state index contributed by atoms with van der Waals surface area (Å²) in [6.07, 6.45) is -8.58. The van der Waals surface area contributed by atoms with Crippen LogP contribution in [0.25, 0.3) is 22.3 Å². The van der Waals surface area contributed by atoms with Crippen molar-refractivity contribution in [1.82, 2.24) is 39.0 Å². The fourth-order valence-corrected chi connectivity index (χ4v) is 10.1. The fraction of sp³-hybridized carbons (Fsp3) is 0.500. The summed E-state index contributed by atoms with van der Waals surface area (Å²) >= 11 is 0. The van der Waals surface area contributed by atoms with E-state index in [1.165, 1.54) is 0 Å². The van der Waals surface area contributed by atoms with Crippen molar-refractivity contribution in [2.75, 3.05) is 24.7 Å². The maximum absolute atomic E-state index is 12.4. The summed E-state index contributed by atoms with van der Waals surface area (Å²) in [6.45, 7) is -2.22. The van der Waals surface area contributed by atoms with Crippen LogP contribution < -0.4 is 11.5 Å². The van der Waals surface area contributed by atoms with Crippen LogP contribution in [0.2, 0.25) is 0 Å². The van der Waals surface area contributed by atoms with E-state index in [9.17, 15) is 58.3 Å². The number of hydrogen-bond donors (Lipinski definition) is 10. The van der Waals surface area contributed by atoms with Crippen molar-refractivity contribution < 1.29 is 110 Å². The number of aliphatic hydroxyl groups is 4. The summed E-state index contributed by atoms with van der Waals surface area (Å²) in [6, 6.07) is 0. The first-order valence-electron chi connectivity index (χ1n) is 14.3. The number of imidazole rings is 2. The van der Waals surface area contributed by atoms with E-state index in [2.05, 4.69) is 51.9 Å². The number of ether oxygens (including phenoxy) is 2. The molecule has 4 unspecified atom stereocenters. The van der Waals surface area contributed by atoms with Gasteiger partial charge in [0.1, 0.15) is 60.3 Å². The van der Waals surface area contributed by atoms with Crippen LogP contribution in [0.3, 0.4) is 0 Å². The Bertz CT molecular complexity index is 2050. The van der Waals surface area contributed by atoms with Crippen LogP contribution in [0, 0.1) is 0 Å².